The number of anilines is 1. The van der Waals surface area contributed by atoms with Crippen molar-refractivity contribution in [1.82, 2.24) is 5.34 Å². The first kappa shape index (κ1) is 11.9. The first-order chi connectivity index (χ1) is 7.20. The summed E-state index contributed by atoms with van der Waals surface area (Å²) >= 11 is 4.91. The summed E-state index contributed by atoms with van der Waals surface area (Å²) in [6.45, 7) is 0. The van der Waals surface area contributed by atoms with Crippen molar-refractivity contribution in [3.05, 3.63) is 30.3 Å². The number of nitrogens with two attached hydrogens (primary N) is 1. The number of para-hydroxylation sites is 1. The van der Waals surface area contributed by atoms with Gasteiger partial charge in [0.2, 0.25) is 0 Å². The molecule has 0 unspecified atom stereocenters. The number of hydrogen-bond donors (Lipinski definition) is 1. The maximum absolute atomic E-state index is 5.58. The molecule has 5 nitrogen and oxygen atoms in total. The summed E-state index contributed by atoms with van der Waals surface area (Å²) in [4.78, 5) is 9.89. The molecule has 0 fully saturated rings. The number of hydrogen-bond acceptors (Lipinski definition) is 4. The van der Waals surface area contributed by atoms with Gasteiger partial charge in [-0.1, -0.05) is 18.2 Å². The molecule has 82 valence electrons. The molecule has 0 aliphatic heterocycles. The van der Waals surface area contributed by atoms with E-state index in [-0.39, 0.29) is 5.11 Å². The average molecular weight is 227 g/mol. The zero-order chi connectivity index (χ0) is 11.3. The summed E-state index contributed by atoms with van der Waals surface area (Å²) in [5, 5.41) is 2.65. The van der Waals surface area contributed by atoms with Gasteiger partial charge in [-0.15, -0.1) is 0 Å². The SMILES string of the molecule is CON(OC)N(C(N)=S)c1ccccc1. The lowest BCUT2D eigenvalue weighted by Gasteiger charge is -2.29. The van der Waals surface area contributed by atoms with Gasteiger partial charge in [0.15, 0.2) is 5.11 Å². The smallest absolute Gasteiger partial charge is 0.189 e. The predicted octanol–water partition coefficient (Wildman–Crippen LogP) is 1.08. The molecule has 0 aliphatic carbocycles. The van der Waals surface area contributed by atoms with Crippen LogP contribution >= 0.6 is 12.2 Å². The second kappa shape index (κ2) is 5.62. The molecule has 0 bridgehead atoms. The van der Waals surface area contributed by atoms with Crippen molar-refractivity contribution in [3.8, 4) is 0 Å². The Bertz CT molecular complexity index is 316. The van der Waals surface area contributed by atoms with Gasteiger partial charge in [0.05, 0.1) is 19.9 Å². The van der Waals surface area contributed by atoms with Gasteiger partial charge in [-0.05, 0) is 24.4 Å². The first-order valence-corrected chi connectivity index (χ1v) is 4.64. The van der Waals surface area contributed by atoms with Crippen molar-refractivity contribution >= 4 is 23.0 Å². The van der Waals surface area contributed by atoms with E-state index in [1.165, 1.54) is 19.2 Å². The molecule has 15 heavy (non-hydrogen) atoms. The van der Waals surface area contributed by atoms with Crippen LogP contribution in [-0.2, 0) is 9.68 Å². The van der Waals surface area contributed by atoms with Gasteiger partial charge in [-0.25, -0.2) is 5.01 Å². The minimum atomic E-state index is 0.130. The number of benzene rings is 1. The van der Waals surface area contributed by atoms with E-state index in [2.05, 4.69) is 0 Å². The van der Waals surface area contributed by atoms with Gasteiger partial charge in [-0.3, -0.25) is 9.68 Å². The molecule has 1 aromatic rings. The van der Waals surface area contributed by atoms with E-state index >= 15 is 0 Å². The molecule has 0 aromatic heterocycles. The van der Waals surface area contributed by atoms with Crippen molar-refractivity contribution in [2.45, 2.75) is 0 Å². The largest absolute Gasteiger partial charge is 0.375 e. The van der Waals surface area contributed by atoms with E-state index in [1.54, 1.807) is 0 Å². The third-order valence-corrected chi connectivity index (χ3v) is 1.86. The summed E-state index contributed by atoms with van der Waals surface area (Å²) in [6, 6.07) is 9.30. The maximum atomic E-state index is 5.58. The molecule has 2 N–H and O–H groups in total. The molecule has 0 aliphatic rings. The van der Waals surface area contributed by atoms with Crippen molar-refractivity contribution in [1.29, 1.82) is 0 Å². The summed E-state index contributed by atoms with van der Waals surface area (Å²) in [6.07, 6.45) is 0. The fraction of sp³-hybridized carbons (Fsp3) is 0.222. The molecule has 1 rings (SSSR count). The second-order valence-electron chi connectivity index (χ2n) is 2.59. The lowest BCUT2D eigenvalue weighted by atomic mass is 10.3. The topological polar surface area (TPSA) is 51.0 Å². The zero-order valence-electron chi connectivity index (χ0n) is 8.58. The summed E-state index contributed by atoms with van der Waals surface area (Å²) in [5.41, 5.74) is 6.33. The minimum Gasteiger partial charge on any atom is -0.375 e. The third kappa shape index (κ3) is 2.87. The summed E-state index contributed by atoms with van der Waals surface area (Å²) in [7, 11) is 2.91. The highest BCUT2D eigenvalue weighted by atomic mass is 32.1. The van der Waals surface area contributed by atoms with E-state index in [0.29, 0.717) is 0 Å². The molecule has 1 aromatic carbocycles. The Kier molecular flexibility index (Phi) is 4.44. The quantitative estimate of drug-likeness (QED) is 0.613. The minimum absolute atomic E-state index is 0.130. The fourth-order valence-electron chi connectivity index (χ4n) is 1.11. The highest BCUT2D eigenvalue weighted by Crippen LogP contribution is 2.15. The lowest BCUT2D eigenvalue weighted by Crippen LogP contribution is -2.48. The summed E-state index contributed by atoms with van der Waals surface area (Å²) < 4.78 is 0. The van der Waals surface area contributed by atoms with E-state index < -0.39 is 0 Å². The lowest BCUT2D eigenvalue weighted by molar-refractivity contribution is -0.341. The standard InChI is InChI=1S/C9H13N3O2S/c1-13-12(14-2)11(9(10)15)8-6-4-3-5-7-8/h3-7H,1-2H3,(H2,10,15). The van der Waals surface area contributed by atoms with Gasteiger partial charge >= 0.3 is 0 Å². The zero-order valence-corrected chi connectivity index (χ0v) is 9.40. The first-order valence-electron chi connectivity index (χ1n) is 4.23. The Morgan fingerprint density at radius 2 is 1.73 bits per heavy atom. The molecule has 6 heteroatoms. The van der Waals surface area contributed by atoms with Crippen LogP contribution in [0.2, 0.25) is 0 Å². The van der Waals surface area contributed by atoms with E-state index in [4.69, 9.17) is 27.6 Å². The number of thiocarbonyl (C=S) groups is 1. The van der Waals surface area contributed by atoms with Gasteiger partial charge in [0, 0.05) is 5.34 Å². The van der Waals surface area contributed by atoms with Crippen LogP contribution < -0.4 is 10.7 Å². The molecule has 0 radical (unpaired) electrons. The molecular weight excluding hydrogens is 214 g/mol. The number of rotatable bonds is 4. The van der Waals surface area contributed by atoms with Gasteiger partial charge < -0.3 is 5.73 Å². The maximum Gasteiger partial charge on any atom is 0.189 e. The average Bonchev–Trinajstić information content (AvgIpc) is 2.26. The Balaban J connectivity index is 2.97. The molecule has 0 atom stereocenters. The highest BCUT2D eigenvalue weighted by Gasteiger charge is 2.18. The Hall–Kier alpha value is -1.21. The molecule has 0 saturated carbocycles. The van der Waals surface area contributed by atoms with Crippen molar-refractivity contribution in [2.24, 2.45) is 5.73 Å². The molecule has 0 saturated heterocycles. The Morgan fingerprint density at radius 3 is 2.13 bits per heavy atom. The van der Waals surface area contributed by atoms with Crippen LogP contribution in [0.15, 0.2) is 30.3 Å². The Labute approximate surface area is 93.8 Å². The number of nitrogens with zero attached hydrogens (tertiary/aromatic N) is 2. The van der Waals surface area contributed by atoms with Gasteiger partial charge in [-0.2, -0.15) is 0 Å². The number of hydrazine groups is 1. The van der Waals surface area contributed by atoms with Crippen LogP contribution in [0.5, 0.6) is 0 Å². The highest BCUT2D eigenvalue weighted by molar-refractivity contribution is 7.80. The second-order valence-corrected chi connectivity index (χ2v) is 3.01. The van der Waals surface area contributed by atoms with Crippen LogP contribution in [0.25, 0.3) is 0 Å². The molecule has 0 heterocycles. The predicted molar refractivity (Wildman–Crippen MR) is 61.6 cm³/mol. The fourth-order valence-corrected chi connectivity index (χ4v) is 1.28. The third-order valence-electron chi connectivity index (χ3n) is 1.69. The van der Waals surface area contributed by atoms with Crippen LogP contribution in [0, 0.1) is 0 Å². The summed E-state index contributed by atoms with van der Waals surface area (Å²) in [5.74, 6) is 0. The molecule has 0 amide bonds. The van der Waals surface area contributed by atoms with Crippen LogP contribution in [0.3, 0.4) is 0 Å². The van der Waals surface area contributed by atoms with Gasteiger partial charge in [0.25, 0.3) is 0 Å². The van der Waals surface area contributed by atoms with Crippen LogP contribution in [0.1, 0.15) is 0 Å². The van der Waals surface area contributed by atoms with E-state index in [1.807, 2.05) is 30.3 Å². The van der Waals surface area contributed by atoms with Crippen LogP contribution in [0.4, 0.5) is 5.69 Å². The molecule has 0 spiro atoms. The Morgan fingerprint density at radius 1 is 1.20 bits per heavy atom. The normalized spacial score (nSPS) is 10.3. The van der Waals surface area contributed by atoms with E-state index in [0.717, 1.165) is 11.0 Å². The van der Waals surface area contributed by atoms with Crippen LogP contribution in [-0.4, -0.2) is 24.7 Å². The molecular formula is C9H13N3O2S. The monoisotopic (exact) mass is 227 g/mol. The van der Waals surface area contributed by atoms with E-state index in [9.17, 15) is 0 Å². The van der Waals surface area contributed by atoms with Gasteiger partial charge in [0.1, 0.15) is 0 Å². The van der Waals surface area contributed by atoms with Crippen molar-refractivity contribution < 1.29 is 9.68 Å². The van der Waals surface area contributed by atoms with Crippen molar-refractivity contribution in [3.63, 3.8) is 0 Å². The van der Waals surface area contributed by atoms with Crippen molar-refractivity contribution in [2.75, 3.05) is 19.2 Å².